The normalized spacial score (nSPS) is 11.3. The topological polar surface area (TPSA) is 123 Å². The van der Waals surface area contributed by atoms with Crippen molar-refractivity contribution in [1.82, 2.24) is 9.55 Å². The number of benzene rings is 2. The number of hydrogen-bond donors (Lipinski definition) is 2. The highest BCUT2D eigenvalue weighted by Crippen LogP contribution is 2.22. The van der Waals surface area contributed by atoms with Crippen molar-refractivity contribution < 1.29 is 19.4 Å². The molecule has 0 unspecified atom stereocenters. The van der Waals surface area contributed by atoms with Crippen LogP contribution in [0.2, 0.25) is 0 Å². The molecule has 166 valence electrons. The van der Waals surface area contributed by atoms with E-state index in [0.29, 0.717) is 29.1 Å². The molecule has 0 saturated heterocycles. The largest absolute Gasteiger partial charge is 0.497 e. The number of aromatic nitrogens is 2. The molecule has 3 aromatic rings. The van der Waals surface area contributed by atoms with Crippen molar-refractivity contribution in [3.8, 4) is 17.3 Å². The Kier molecular flexibility index (Phi) is 6.89. The number of aliphatic imine (C=N–C) groups is 1. The number of carbonyl (C=O) groups excluding carboxylic acids is 1. The molecule has 32 heavy (non-hydrogen) atoms. The van der Waals surface area contributed by atoms with Gasteiger partial charge in [0.15, 0.2) is 0 Å². The van der Waals surface area contributed by atoms with Gasteiger partial charge in [0.2, 0.25) is 5.88 Å². The Morgan fingerprint density at radius 3 is 2.28 bits per heavy atom. The van der Waals surface area contributed by atoms with E-state index < -0.39 is 23.1 Å². The molecule has 3 rings (SSSR count). The molecular formula is C23H23N3O6. The van der Waals surface area contributed by atoms with Gasteiger partial charge in [0, 0.05) is 0 Å². The molecular weight excluding hydrogens is 414 g/mol. The van der Waals surface area contributed by atoms with Crippen LogP contribution < -0.4 is 16.0 Å². The monoisotopic (exact) mass is 437 g/mol. The molecule has 2 N–H and O–H groups in total. The summed E-state index contributed by atoms with van der Waals surface area (Å²) in [7, 11) is 1.51. The van der Waals surface area contributed by atoms with E-state index in [1.54, 1.807) is 62.4 Å². The minimum Gasteiger partial charge on any atom is -0.497 e. The fourth-order valence-electron chi connectivity index (χ4n) is 3.11. The van der Waals surface area contributed by atoms with E-state index in [9.17, 15) is 19.5 Å². The van der Waals surface area contributed by atoms with E-state index in [0.717, 1.165) is 4.57 Å². The number of ether oxygens (including phenoxy) is 2. The van der Waals surface area contributed by atoms with Crippen LogP contribution in [0.15, 0.2) is 63.1 Å². The van der Waals surface area contributed by atoms with Crippen molar-refractivity contribution in [2.45, 2.75) is 20.3 Å². The number of aromatic hydroxyl groups is 1. The summed E-state index contributed by atoms with van der Waals surface area (Å²) < 4.78 is 11.1. The van der Waals surface area contributed by atoms with Crippen LogP contribution in [0.1, 0.15) is 36.2 Å². The summed E-state index contributed by atoms with van der Waals surface area (Å²) in [6.45, 7) is 3.76. The van der Waals surface area contributed by atoms with Crippen LogP contribution in [-0.4, -0.2) is 40.1 Å². The fraction of sp³-hybridized carbons (Fsp3) is 0.217. The van der Waals surface area contributed by atoms with Crippen LogP contribution in [0.25, 0.3) is 5.69 Å². The van der Waals surface area contributed by atoms with Crippen LogP contribution in [0, 0.1) is 0 Å². The quantitative estimate of drug-likeness (QED) is 0.433. The maximum absolute atomic E-state index is 12.6. The van der Waals surface area contributed by atoms with E-state index in [2.05, 4.69) is 9.98 Å². The zero-order valence-corrected chi connectivity index (χ0v) is 17.9. The minimum atomic E-state index is -0.782. The number of nitrogens with one attached hydrogen (secondary N) is 1. The van der Waals surface area contributed by atoms with Gasteiger partial charge in [-0.05, 0) is 61.9 Å². The van der Waals surface area contributed by atoms with Crippen molar-refractivity contribution >= 4 is 17.4 Å². The Labute approximate surface area is 183 Å². The molecule has 0 aliphatic carbocycles. The minimum absolute atomic E-state index is 0.114. The number of aromatic amines is 1. The molecule has 0 fully saturated rings. The number of rotatable bonds is 7. The van der Waals surface area contributed by atoms with Gasteiger partial charge in [-0.3, -0.25) is 14.8 Å². The number of hydrogen-bond acceptors (Lipinski definition) is 7. The van der Waals surface area contributed by atoms with Crippen LogP contribution in [-0.2, 0) is 4.74 Å². The zero-order chi connectivity index (χ0) is 23.3. The summed E-state index contributed by atoms with van der Waals surface area (Å²) in [5.74, 6) is -0.389. The molecule has 0 spiro atoms. The third kappa shape index (κ3) is 4.61. The predicted molar refractivity (Wildman–Crippen MR) is 120 cm³/mol. The molecule has 1 aromatic heterocycles. The van der Waals surface area contributed by atoms with Crippen LogP contribution in [0.5, 0.6) is 11.6 Å². The lowest BCUT2D eigenvalue weighted by atomic mass is 10.1. The second-order valence-electron chi connectivity index (χ2n) is 6.67. The molecule has 9 heteroatoms. The van der Waals surface area contributed by atoms with Crippen LogP contribution >= 0.6 is 0 Å². The number of H-pyrrole nitrogens is 1. The second kappa shape index (κ2) is 9.78. The lowest BCUT2D eigenvalue weighted by Gasteiger charge is -2.13. The van der Waals surface area contributed by atoms with Gasteiger partial charge < -0.3 is 14.6 Å². The third-order valence-corrected chi connectivity index (χ3v) is 4.68. The standard InChI is InChI=1S/C23H23N3O6/c1-4-18(24-15-8-6-14(7-9-15)22(29)32-5-2)19-20(27)25-23(30)26(21(19)28)16-10-12-17(31-3)13-11-16/h6-13,28H,4-5H2,1-3H3,(H,25,27,30). The molecule has 0 atom stereocenters. The Bertz CT molecular complexity index is 1250. The summed E-state index contributed by atoms with van der Waals surface area (Å²) >= 11 is 0. The van der Waals surface area contributed by atoms with Gasteiger partial charge in [-0.25, -0.2) is 14.2 Å². The Morgan fingerprint density at radius 1 is 1.06 bits per heavy atom. The lowest BCUT2D eigenvalue weighted by molar-refractivity contribution is 0.0526. The smallest absolute Gasteiger partial charge is 0.338 e. The highest BCUT2D eigenvalue weighted by atomic mass is 16.5. The molecule has 0 radical (unpaired) electrons. The first kappa shape index (κ1) is 22.5. The Hall–Kier alpha value is -4.14. The van der Waals surface area contributed by atoms with E-state index in [-0.39, 0.29) is 17.9 Å². The Balaban J connectivity index is 2.07. The first-order valence-electron chi connectivity index (χ1n) is 9.97. The SMILES string of the molecule is CCOC(=O)c1ccc(N=C(CC)c2c(O)n(-c3ccc(OC)cc3)c(=O)[nH]c2=O)cc1. The third-order valence-electron chi connectivity index (χ3n) is 4.68. The summed E-state index contributed by atoms with van der Waals surface area (Å²) in [5, 5.41) is 10.9. The molecule has 2 aromatic carbocycles. The van der Waals surface area contributed by atoms with E-state index in [1.807, 2.05) is 0 Å². The maximum atomic E-state index is 12.6. The first-order valence-corrected chi connectivity index (χ1v) is 9.97. The number of carbonyl (C=O) groups is 1. The number of esters is 1. The Morgan fingerprint density at radius 2 is 1.72 bits per heavy atom. The highest BCUT2D eigenvalue weighted by Gasteiger charge is 2.19. The van der Waals surface area contributed by atoms with Gasteiger partial charge in [0.05, 0.1) is 36.4 Å². The fourth-order valence-corrected chi connectivity index (χ4v) is 3.11. The van der Waals surface area contributed by atoms with Gasteiger partial charge >= 0.3 is 11.7 Å². The molecule has 0 bridgehead atoms. The van der Waals surface area contributed by atoms with Crippen molar-refractivity contribution in [1.29, 1.82) is 0 Å². The summed E-state index contributed by atoms with van der Waals surface area (Å²) in [4.78, 5) is 43.5. The van der Waals surface area contributed by atoms with Gasteiger partial charge in [-0.15, -0.1) is 0 Å². The van der Waals surface area contributed by atoms with Crippen LogP contribution in [0.4, 0.5) is 5.69 Å². The molecule has 9 nitrogen and oxygen atoms in total. The molecule has 0 aliphatic heterocycles. The van der Waals surface area contributed by atoms with Crippen molar-refractivity contribution in [3.05, 3.63) is 80.5 Å². The molecule has 1 heterocycles. The predicted octanol–water partition coefficient (Wildman–Crippen LogP) is 2.95. The molecule has 0 amide bonds. The second-order valence-corrected chi connectivity index (χ2v) is 6.67. The van der Waals surface area contributed by atoms with Gasteiger partial charge in [-0.2, -0.15) is 0 Å². The summed E-state index contributed by atoms with van der Waals surface area (Å²) in [5.41, 5.74) is -0.183. The zero-order valence-electron chi connectivity index (χ0n) is 17.9. The van der Waals surface area contributed by atoms with Gasteiger partial charge in [0.1, 0.15) is 11.3 Å². The van der Waals surface area contributed by atoms with Gasteiger partial charge in [0.25, 0.3) is 5.56 Å². The van der Waals surface area contributed by atoms with Crippen molar-refractivity contribution in [2.24, 2.45) is 4.99 Å². The molecule has 0 aliphatic rings. The number of nitrogens with zero attached hydrogens (tertiary/aromatic N) is 2. The van der Waals surface area contributed by atoms with E-state index in [1.165, 1.54) is 7.11 Å². The molecule has 0 saturated carbocycles. The number of methoxy groups -OCH3 is 1. The van der Waals surface area contributed by atoms with Gasteiger partial charge in [-0.1, -0.05) is 6.92 Å². The average Bonchev–Trinajstić information content (AvgIpc) is 2.79. The lowest BCUT2D eigenvalue weighted by Crippen LogP contribution is -2.33. The first-order chi connectivity index (χ1) is 15.4. The van der Waals surface area contributed by atoms with E-state index >= 15 is 0 Å². The maximum Gasteiger partial charge on any atom is 0.338 e. The summed E-state index contributed by atoms with van der Waals surface area (Å²) in [6.07, 6.45) is 0.303. The van der Waals surface area contributed by atoms with Crippen molar-refractivity contribution in [3.63, 3.8) is 0 Å². The van der Waals surface area contributed by atoms with Crippen molar-refractivity contribution in [2.75, 3.05) is 13.7 Å². The average molecular weight is 437 g/mol. The summed E-state index contributed by atoms with van der Waals surface area (Å²) in [6, 6.07) is 12.8. The van der Waals surface area contributed by atoms with E-state index in [4.69, 9.17) is 9.47 Å². The highest BCUT2D eigenvalue weighted by molar-refractivity contribution is 6.03. The van der Waals surface area contributed by atoms with Crippen LogP contribution in [0.3, 0.4) is 0 Å².